The zero-order valence-corrected chi connectivity index (χ0v) is 99.1. The van der Waals surface area contributed by atoms with Crippen molar-refractivity contribution in [3.05, 3.63) is 431 Å². The molecule has 12 nitrogen and oxygen atoms in total. The Morgan fingerprint density at radius 3 is 1.13 bits per heavy atom. The quantitative estimate of drug-likeness (QED) is 0.0749. The summed E-state index contributed by atoms with van der Waals surface area (Å²) in [5.74, 6) is 1.81. The van der Waals surface area contributed by atoms with Crippen molar-refractivity contribution in [3.8, 4) is 135 Å². The largest absolute Gasteiger partial charge is 0.287 e. The molecule has 1 saturated carbocycles. The molecular formula is C124H120N12Y5-4. The SMILES string of the molecule is Cc1c[c-]c(-c2[c-]c(-c3ccccc3C)[n+](C)cn2)cc1.Cc1cc[c-]c(-c2[c-]c(-c3ccccc3C)[n+](C)cn2)c1.Cc1ccc[c-]c1-c1[c-]c(-c2ccccc2C)[n+](C)cn1.Cc1ccccc1-c1[c-]c(-c2[c-]c(C(C)C)ccc2)nc[n+]1C.Cc1ccccc1-c1[c-]c(-c2[c-]c(CC(C)C)ccc2)nc[n+]1C.Cc1ccccc1-c1c2c(nc[n+]1C)-c1cccc(C3CCCC3)c1C2.[Y].[Y].[Y].[Y].[Y]. The van der Waals surface area contributed by atoms with Crippen LogP contribution in [0.5, 0.6) is 0 Å². The van der Waals surface area contributed by atoms with Crippen LogP contribution in [0, 0.1) is 129 Å². The molecule has 0 amide bonds. The molecule has 18 aromatic rings. The van der Waals surface area contributed by atoms with E-state index >= 15 is 0 Å². The fraction of sp³-hybridized carbons (Fsp3) is 0.226. The van der Waals surface area contributed by atoms with Crippen LogP contribution >= 0.6 is 0 Å². The predicted molar refractivity (Wildman–Crippen MR) is 545 cm³/mol. The van der Waals surface area contributed by atoms with Crippen LogP contribution in [0.15, 0.2) is 293 Å². The van der Waals surface area contributed by atoms with Crippen molar-refractivity contribution in [2.24, 2.45) is 48.2 Å². The molecule has 0 unspecified atom stereocenters. The average molecular weight is 2220 g/mol. The molecule has 6 heterocycles. The van der Waals surface area contributed by atoms with Crippen LogP contribution in [0.4, 0.5) is 0 Å². The Bertz CT molecular complexity index is 7290. The maximum Gasteiger partial charge on any atom is 0.287 e. The van der Waals surface area contributed by atoms with Crippen LogP contribution in [0.1, 0.15) is 143 Å². The van der Waals surface area contributed by atoms with Gasteiger partial charge in [0, 0.05) is 210 Å². The van der Waals surface area contributed by atoms with Gasteiger partial charge in [0.2, 0.25) is 0 Å². The normalized spacial score (nSPS) is 11.4. The van der Waals surface area contributed by atoms with E-state index in [1.807, 2.05) is 145 Å². The zero-order chi connectivity index (χ0) is 95.6. The Labute approximate surface area is 963 Å². The summed E-state index contributed by atoms with van der Waals surface area (Å²) in [5, 5.41) is 0. The smallest absolute Gasteiger partial charge is 0.257 e. The molecule has 17 heteroatoms. The number of nitrogens with zero attached hydrogens (tertiary/aromatic N) is 12. The number of rotatable bonds is 15. The summed E-state index contributed by atoms with van der Waals surface area (Å²) in [4.78, 5) is 27.4. The molecule has 695 valence electrons. The van der Waals surface area contributed by atoms with E-state index in [4.69, 9.17) is 4.98 Å². The van der Waals surface area contributed by atoms with Gasteiger partial charge in [0.15, 0.2) is 5.69 Å². The van der Waals surface area contributed by atoms with Crippen molar-refractivity contribution in [2.75, 3.05) is 0 Å². The minimum absolute atomic E-state index is 0. The fourth-order valence-corrected chi connectivity index (χ4v) is 17.7. The second-order valence-corrected chi connectivity index (χ2v) is 36.5. The van der Waals surface area contributed by atoms with Gasteiger partial charge in [-0.15, -0.1) is 132 Å². The second kappa shape index (κ2) is 54.0. The summed E-state index contributed by atoms with van der Waals surface area (Å²) < 4.78 is 12.2. The van der Waals surface area contributed by atoms with Gasteiger partial charge in [-0.05, 0) is 94.1 Å². The Hall–Kier alpha value is -9.36. The van der Waals surface area contributed by atoms with Gasteiger partial charge in [-0.25, -0.2) is 57.2 Å². The molecule has 2 aliphatic carbocycles. The van der Waals surface area contributed by atoms with Crippen LogP contribution in [0.2, 0.25) is 0 Å². The maximum atomic E-state index is 4.85. The molecule has 0 bridgehead atoms. The third kappa shape index (κ3) is 28.7. The minimum Gasteiger partial charge on any atom is -0.257 e. The molecule has 1 fully saturated rings. The molecule has 0 aliphatic heterocycles. The summed E-state index contributed by atoms with van der Waals surface area (Å²) >= 11 is 0. The topological polar surface area (TPSA) is 101 Å². The van der Waals surface area contributed by atoms with E-state index in [0.29, 0.717) is 11.8 Å². The van der Waals surface area contributed by atoms with E-state index in [9.17, 15) is 0 Å². The van der Waals surface area contributed by atoms with Crippen molar-refractivity contribution in [1.82, 2.24) is 29.9 Å². The predicted octanol–water partition coefficient (Wildman–Crippen LogP) is 24.1. The van der Waals surface area contributed by atoms with Crippen molar-refractivity contribution >= 4 is 0 Å². The number of aromatic nitrogens is 12. The summed E-state index contributed by atoms with van der Waals surface area (Å²) in [7, 11) is 12.1. The molecule has 6 aromatic heterocycles. The van der Waals surface area contributed by atoms with Crippen LogP contribution in [0.25, 0.3) is 135 Å². The van der Waals surface area contributed by atoms with Gasteiger partial charge in [-0.1, -0.05) is 285 Å². The van der Waals surface area contributed by atoms with Gasteiger partial charge in [0.05, 0.1) is 47.8 Å². The van der Waals surface area contributed by atoms with Crippen molar-refractivity contribution in [3.63, 3.8) is 0 Å². The second-order valence-electron chi connectivity index (χ2n) is 36.5. The van der Waals surface area contributed by atoms with E-state index in [2.05, 4.69) is 393 Å². The molecule has 0 saturated heterocycles. The molecule has 0 N–H and O–H groups in total. The summed E-state index contributed by atoms with van der Waals surface area (Å²) in [6.45, 7) is 27.8. The third-order valence-corrected chi connectivity index (χ3v) is 25.2. The molecule has 5 radical (unpaired) electrons. The van der Waals surface area contributed by atoms with Gasteiger partial charge in [-0.3, -0.25) is 22.8 Å². The number of hydrogen-bond donors (Lipinski definition) is 0. The van der Waals surface area contributed by atoms with Crippen molar-refractivity contribution in [1.29, 1.82) is 0 Å². The van der Waals surface area contributed by atoms with Gasteiger partial charge in [0.1, 0.15) is 5.69 Å². The first-order valence-corrected chi connectivity index (χ1v) is 47.1. The fourth-order valence-electron chi connectivity index (χ4n) is 17.7. The number of benzene rings is 12. The van der Waals surface area contributed by atoms with Gasteiger partial charge < -0.3 is 0 Å². The van der Waals surface area contributed by atoms with Gasteiger partial charge in [0.25, 0.3) is 38.0 Å². The zero-order valence-electron chi connectivity index (χ0n) is 84.9. The standard InChI is InChI=1S/C24H25N2.C22H23N2.C21H21N2.3C19H17N2.5Y/c1-16-8-3-6-11-18(16)24-22-14-21-19(17-9-4-5-10-17)12-7-13-20(21)23(22)25-15-26(24)2;1-16(2)12-18-9-7-10-19(13-18)21-14-22(24(4)15-23-21)20-11-6-5-8-17(20)3;1-15(2)17-9-7-10-18(12-17)20-13-21(23(4)14-22-20)19-11-6-5-8-16(19)3;1-14-8-4-6-10-16(14)18-12-19(21(3)13-20-18)17-11-7-5-9-15(17)2;1-14-7-6-9-16(11-14)18-12-19(21(3)13-20-18)17-10-5-4-8-15(17)2;1-14-8-10-16(11-9-14)18-12-19(21(3)13-20-18)17-7-5-4-6-15(17)2;;;;;/h3,6-8,11-13,15,17H,4-5,9-10,14H2,1-2H3;5-11,15-16H,12H2,1-4H3;5-11,14-15H,1-4H3;4-9,11,13H,1-3H3;4-8,10-11,13H,1-3H3;4-10,13H,1-3H3;;;;;/q+1;5*-1;;;;;. The molecular weight excluding hydrogens is 2100 g/mol. The monoisotopic (exact) mass is 2220 g/mol. The summed E-state index contributed by atoms with van der Waals surface area (Å²) in [5.41, 5.74) is 43.4. The minimum atomic E-state index is 0. The van der Waals surface area contributed by atoms with Gasteiger partial charge >= 0.3 is 0 Å². The Morgan fingerprint density at radius 1 is 0.312 bits per heavy atom. The molecule has 141 heavy (non-hydrogen) atoms. The number of hydrogen-bond acceptors (Lipinski definition) is 6. The van der Waals surface area contributed by atoms with E-state index in [-0.39, 0.29) is 164 Å². The number of aryl methyl sites for hydroxylation is 15. The first kappa shape index (κ1) is 114. The molecule has 0 atom stereocenters. The van der Waals surface area contributed by atoms with Crippen LogP contribution < -0.4 is 27.4 Å². The number of fused-ring (bicyclic) bond motifs is 3. The van der Waals surface area contributed by atoms with Crippen molar-refractivity contribution in [2.45, 2.75) is 140 Å². The van der Waals surface area contributed by atoms with Crippen LogP contribution in [-0.4, -0.2) is 29.9 Å². The van der Waals surface area contributed by atoms with E-state index < -0.39 is 0 Å². The Morgan fingerprint density at radius 2 is 0.702 bits per heavy atom. The molecule has 0 spiro atoms. The van der Waals surface area contributed by atoms with E-state index in [1.54, 1.807) is 5.56 Å². The third-order valence-electron chi connectivity index (χ3n) is 25.2. The average Bonchev–Trinajstić information content (AvgIpc) is 1.59. The molecule has 2 aliphatic rings. The van der Waals surface area contributed by atoms with E-state index in [0.717, 1.165) is 109 Å². The first-order chi connectivity index (χ1) is 65.8. The van der Waals surface area contributed by atoms with Crippen LogP contribution in [0.3, 0.4) is 0 Å². The summed E-state index contributed by atoms with van der Waals surface area (Å²) in [6, 6.07) is 122. The summed E-state index contributed by atoms with van der Waals surface area (Å²) in [6.07, 6.45) is 18.7. The first-order valence-electron chi connectivity index (χ1n) is 47.1. The molecule has 20 rings (SSSR count). The van der Waals surface area contributed by atoms with Crippen LogP contribution in [-0.2, 0) is 219 Å². The van der Waals surface area contributed by atoms with E-state index in [1.165, 1.54) is 143 Å². The maximum absolute atomic E-state index is 4.85. The Kier molecular flexibility index (Phi) is 43.5. The van der Waals surface area contributed by atoms with Crippen molar-refractivity contribution < 1.29 is 191 Å². The Balaban J connectivity index is 0.000000173. The van der Waals surface area contributed by atoms with Gasteiger partial charge in [-0.2, -0.15) is 77.9 Å². The molecule has 12 aromatic carbocycles.